The normalized spacial score (nSPS) is 15.5. The van der Waals surface area contributed by atoms with E-state index in [1.165, 1.54) is 0 Å². The largest absolute Gasteiger partial charge is 0.390 e. The Morgan fingerprint density at radius 3 is 2.38 bits per heavy atom. The summed E-state index contributed by atoms with van der Waals surface area (Å²) in [5.41, 5.74) is 1.94. The maximum atomic E-state index is 10.3. The zero-order valence-electron chi connectivity index (χ0n) is 17.0. The Balaban J connectivity index is 2.22. The molecule has 1 aromatic rings. The predicted molar refractivity (Wildman–Crippen MR) is 110 cm³/mol. The molecule has 4 nitrogen and oxygen atoms in total. The summed E-state index contributed by atoms with van der Waals surface area (Å²) in [4.78, 5) is 0. The standard InChI is InChI=1S/C21H36O4Si/c1-17(18(2)25-16-23-12-13-26(4,5)6)14-21(22)19(3)24-15-20-10-8-7-9-11-20/h7-11,18-19,21-22H,1,12-16H2,2-6H3/t18-,19-,21-/m1/s1. The Bertz CT molecular complexity index is 512. The minimum Gasteiger partial charge on any atom is -0.390 e. The molecule has 0 aliphatic rings. The third-order valence-corrected chi connectivity index (χ3v) is 6.05. The van der Waals surface area contributed by atoms with Crippen molar-refractivity contribution < 1.29 is 19.3 Å². The van der Waals surface area contributed by atoms with E-state index >= 15 is 0 Å². The van der Waals surface area contributed by atoms with E-state index in [0.717, 1.165) is 23.8 Å². The maximum Gasteiger partial charge on any atom is 0.147 e. The van der Waals surface area contributed by atoms with Crippen molar-refractivity contribution in [2.75, 3.05) is 13.4 Å². The quantitative estimate of drug-likeness (QED) is 0.235. The van der Waals surface area contributed by atoms with Gasteiger partial charge in [-0.1, -0.05) is 56.6 Å². The number of aliphatic hydroxyl groups excluding tert-OH is 1. The summed E-state index contributed by atoms with van der Waals surface area (Å²) >= 11 is 0. The SMILES string of the molecule is C=C(C[C@@H](O)[C@@H](C)OCc1ccccc1)[C@@H](C)OCOCC[Si](C)(C)C. The van der Waals surface area contributed by atoms with Crippen LogP contribution in [-0.2, 0) is 20.8 Å². The highest BCUT2D eigenvalue weighted by atomic mass is 28.3. The van der Waals surface area contributed by atoms with Gasteiger partial charge in [0, 0.05) is 14.7 Å². The van der Waals surface area contributed by atoms with Crippen molar-refractivity contribution in [3.63, 3.8) is 0 Å². The minimum atomic E-state index is -1.07. The predicted octanol–water partition coefficient (Wildman–Crippen LogP) is 4.62. The van der Waals surface area contributed by atoms with Crippen LogP contribution in [0, 0.1) is 0 Å². The molecule has 0 fully saturated rings. The number of ether oxygens (including phenoxy) is 3. The van der Waals surface area contributed by atoms with E-state index in [0.29, 0.717) is 13.0 Å². The van der Waals surface area contributed by atoms with E-state index in [-0.39, 0.29) is 19.0 Å². The van der Waals surface area contributed by atoms with Gasteiger partial charge in [-0.15, -0.1) is 0 Å². The Hall–Kier alpha value is -0.983. The molecule has 1 N–H and O–H groups in total. The molecule has 0 radical (unpaired) electrons. The number of hydrogen-bond donors (Lipinski definition) is 1. The first-order valence-corrected chi connectivity index (χ1v) is 13.1. The van der Waals surface area contributed by atoms with Gasteiger partial charge in [-0.2, -0.15) is 0 Å². The molecule has 0 spiro atoms. The van der Waals surface area contributed by atoms with Crippen LogP contribution in [0.1, 0.15) is 25.8 Å². The van der Waals surface area contributed by atoms with Gasteiger partial charge in [-0.3, -0.25) is 0 Å². The highest BCUT2D eigenvalue weighted by Gasteiger charge is 2.19. The molecule has 0 bridgehead atoms. The van der Waals surface area contributed by atoms with E-state index in [1.54, 1.807) is 0 Å². The molecule has 0 aromatic heterocycles. The highest BCUT2D eigenvalue weighted by molar-refractivity contribution is 6.76. The summed E-state index contributed by atoms with van der Waals surface area (Å²) in [5, 5.41) is 10.3. The first-order valence-electron chi connectivity index (χ1n) is 9.39. The molecule has 0 aliphatic carbocycles. The molecule has 1 rings (SSSR count). The lowest BCUT2D eigenvalue weighted by molar-refractivity contribution is -0.0745. The number of hydrogen-bond acceptors (Lipinski definition) is 4. The minimum absolute atomic E-state index is 0.155. The van der Waals surface area contributed by atoms with Gasteiger partial charge in [0.2, 0.25) is 0 Å². The molecule has 0 unspecified atom stereocenters. The second kappa shape index (κ2) is 11.7. The number of aliphatic hydroxyl groups is 1. The van der Waals surface area contributed by atoms with Gasteiger partial charge in [0.1, 0.15) is 6.79 Å². The van der Waals surface area contributed by atoms with Crippen molar-refractivity contribution in [2.24, 2.45) is 0 Å². The summed E-state index contributed by atoms with van der Waals surface area (Å²) in [6, 6.07) is 11.1. The summed E-state index contributed by atoms with van der Waals surface area (Å²) in [7, 11) is -1.07. The fourth-order valence-electron chi connectivity index (χ4n) is 2.22. The van der Waals surface area contributed by atoms with E-state index < -0.39 is 14.2 Å². The van der Waals surface area contributed by atoms with Gasteiger partial charge in [-0.25, -0.2) is 0 Å². The molecule has 0 saturated carbocycles. The molecule has 0 aliphatic heterocycles. The first kappa shape index (κ1) is 23.1. The van der Waals surface area contributed by atoms with Gasteiger partial charge in [0.25, 0.3) is 0 Å². The van der Waals surface area contributed by atoms with Crippen molar-refractivity contribution in [3.8, 4) is 0 Å². The second-order valence-electron chi connectivity index (χ2n) is 8.08. The summed E-state index contributed by atoms with van der Waals surface area (Å²) in [5.74, 6) is 0. The molecule has 1 aromatic carbocycles. The van der Waals surface area contributed by atoms with Crippen LogP contribution >= 0.6 is 0 Å². The molecule has 0 saturated heterocycles. The lowest BCUT2D eigenvalue weighted by Gasteiger charge is -2.23. The number of rotatable bonds is 13. The van der Waals surface area contributed by atoms with Crippen molar-refractivity contribution in [2.45, 2.75) is 70.9 Å². The van der Waals surface area contributed by atoms with Crippen LogP contribution in [0.15, 0.2) is 42.5 Å². The molecular weight excluding hydrogens is 344 g/mol. The fourth-order valence-corrected chi connectivity index (χ4v) is 2.98. The molecule has 5 heteroatoms. The highest BCUT2D eigenvalue weighted by Crippen LogP contribution is 2.16. The summed E-state index contributed by atoms with van der Waals surface area (Å²) in [6.45, 7) is 16.3. The van der Waals surface area contributed by atoms with Crippen LogP contribution in [0.3, 0.4) is 0 Å². The van der Waals surface area contributed by atoms with Crippen LogP contribution in [-0.4, -0.2) is 44.9 Å². The third-order valence-electron chi connectivity index (χ3n) is 4.34. The first-order chi connectivity index (χ1) is 12.2. The topological polar surface area (TPSA) is 47.9 Å². The summed E-state index contributed by atoms with van der Waals surface area (Å²) < 4.78 is 17.0. The van der Waals surface area contributed by atoms with E-state index in [1.807, 2.05) is 44.2 Å². The Morgan fingerprint density at radius 1 is 1.12 bits per heavy atom. The Morgan fingerprint density at radius 2 is 1.77 bits per heavy atom. The Kier molecular flexibility index (Phi) is 10.4. The van der Waals surface area contributed by atoms with Crippen LogP contribution in [0.25, 0.3) is 0 Å². The van der Waals surface area contributed by atoms with E-state index in [4.69, 9.17) is 14.2 Å². The molecule has 26 heavy (non-hydrogen) atoms. The molecule has 148 valence electrons. The van der Waals surface area contributed by atoms with Crippen LogP contribution in [0.5, 0.6) is 0 Å². The van der Waals surface area contributed by atoms with Gasteiger partial charge in [0.05, 0.1) is 24.9 Å². The van der Waals surface area contributed by atoms with Crippen LogP contribution in [0.4, 0.5) is 0 Å². The monoisotopic (exact) mass is 380 g/mol. The van der Waals surface area contributed by atoms with Gasteiger partial charge in [-0.05, 0) is 37.4 Å². The number of benzene rings is 1. The molecule has 0 amide bonds. The van der Waals surface area contributed by atoms with Crippen molar-refractivity contribution in [1.29, 1.82) is 0 Å². The van der Waals surface area contributed by atoms with Crippen molar-refractivity contribution in [3.05, 3.63) is 48.0 Å². The third kappa shape index (κ3) is 10.2. The fraction of sp³-hybridized carbons (Fsp3) is 0.619. The van der Waals surface area contributed by atoms with Crippen LogP contribution in [0.2, 0.25) is 25.7 Å². The second-order valence-corrected chi connectivity index (χ2v) is 13.7. The average Bonchev–Trinajstić information content (AvgIpc) is 2.58. The van der Waals surface area contributed by atoms with E-state index in [9.17, 15) is 5.11 Å². The average molecular weight is 381 g/mol. The zero-order chi connectivity index (χ0) is 19.6. The van der Waals surface area contributed by atoms with Gasteiger partial charge < -0.3 is 19.3 Å². The molecular formula is C21H36O4Si. The smallest absolute Gasteiger partial charge is 0.147 e. The van der Waals surface area contributed by atoms with Crippen molar-refractivity contribution in [1.82, 2.24) is 0 Å². The molecule has 0 heterocycles. The van der Waals surface area contributed by atoms with E-state index in [2.05, 4.69) is 26.2 Å². The maximum absolute atomic E-state index is 10.3. The van der Waals surface area contributed by atoms with Crippen LogP contribution < -0.4 is 0 Å². The lowest BCUT2D eigenvalue weighted by Crippen LogP contribution is -2.28. The zero-order valence-corrected chi connectivity index (χ0v) is 18.0. The van der Waals surface area contributed by atoms with Gasteiger partial charge >= 0.3 is 0 Å². The molecule has 3 atom stereocenters. The van der Waals surface area contributed by atoms with Crippen molar-refractivity contribution >= 4 is 8.07 Å². The van der Waals surface area contributed by atoms with Gasteiger partial charge in [0.15, 0.2) is 0 Å². The summed E-state index contributed by atoms with van der Waals surface area (Å²) in [6.07, 6.45) is -0.582. The Labute approximate surface area is 160 Å². The lowest BCUT2D eigenvalue weighted by atomic mass is 10.0.